The maximum atomic E-state index is 13.6. The number of aryl methyl sites for hydroxylation is 1. The van der Waals surface area contributed by atoms with Gasteiger partial charge in [-0.05, 0) is 45.0 Å². The second kappa shape index (κ2) is 8.80. The van der Waals surface area contributed by atoms with E-state index in [1.54, 1.807) is 6.92 Å². The molecule has 2 aromatic carbocycles. The van der Waals surface area contributed by atoms with E-state index >= 15 is 0 Å². The average Bonchev–Trinajstić information content (AvgIpc) is 2.59. The summed E-state index contributed by atoms with van der Waals surface area (Å²) in [5, 5.41) is 1.75. The molecular weight excluding hydrogens is 360 g/mol. The summed E-state index contributed by atoms with van der Waals surface area (Å²) < 4.78 is 31.6. The molecule has 138 valence electrons. The average molecular weight is 379 g/mol. The standard InChI is InChI=1S/C19H19F2NO3S/c1-11-4-7-15(8-5-11)26-13(3)19(24)25-12(2)18(23)22-17-9-6-14(20)10-16(17)21/h4-10,12-13H,1-3H3,(H,22,23)/t12-,13+/m0/s1. The normalized spacial score (nSPS) is 13.0. The fourth-order valence-corrected chi connectivity index (χ4v) is 2.87. The highest BCUT2D eigenvalue weighted by atomic mass is 32.2. The number of nitrogens with one attached hydrogen (secondary N) is 1. The maximum Gasteiger partial charge on any atom is 0.319 e. The van der Waals surface area contributed by atoms with Crippen LogP contribution in [0.3, 0.4) is 0 Å². The van der Waals surface area contributed by atoms with Gasteiger partial charge >= 0.3 is 5.97 Å². The van der Waals surface area contributed by atoms with Crippen molar-refractivity contribution in [2.45, 2.75) is 37.0 Å². The van der Waals surface area contributed by atoms with Crippen LogP contribution in [0.1, 0.15) is 19.4 Å². The van der Waals surface area contributed by atoms with Crippen LogP contribution in [0.15, 0.2) is 47.4 Å². The first kappa shape index (κ1) is 19.9. The number of benzene rings is 2. The molecule has 0 bridgehead atoms. The van der Waals surface area contributed by atoms with E-state index in [1.165, 1.54) is 18.7 Å². The van der Waals surface area contributed by atoms with Gasteiger partial charge in [0.2, 0.25) is 0 Å². The smallest absolute Gasteiger partial charge is 0.319 e. The zero-order chi connectivity index (χ0) is 19.3. The summed E-state index contributed by atoms with van der Waals surface area (Å²) >= 11 is 1.31. The van der Waals surface area contributed by atoms with Crippen LogP contribution in [-0.2, 0) is 14.3 Å². The summed E-state index contributed by atoms with van der Waals surface area (Å²) in [6.45, 7) is 5.03. The van der Waals surface area contributed by atoms with E-state index in [1.807, 2.05) is 31.2 Å². The van der Waals surface area contributed by atoms with Crippen LogP contribution in [0.25, 0.3) is 0 Å². The van der Waals surface area contributed by atoms with E-state index in [0.717, 1.165) is 22.6 Å². The van der Waals surface area contributed by atoms with E-state index in [4.69, 9.17) is 4.74 Å². The monoisotopic (exact) mass is 379 g/mol. The highest BCUT2D eigenvalue weighted by Crippen LogP contribution is 2.24. The van der Waals surface area contributed by atoms with Crippen molar-refractivity contribution < 1.29 is 23.1 Å². The Morgan fingerprint density at radius 3 is 2.35 bits per heavy atom. The molecule has 1 N–H and O–H groups in total. The van der Waals surface area contributed by atoms with Crippen LogP contribution in [0.2, 0.25) is 0 Å². The number of rotatable bonds is 6. The first-order valence-corrected chi connectivity index (χ1v) is 8.84. The lowest BCUT2D eigenvalue weighted by atomic mass is 10.2. The molecule has 0 aromatic heterocycles. The number of carbonyl (C=O) groups is 2. The van der Waals surface area contributed by atoms with Gasteiger partial charge in [-0.1, -0.05) is 17.7 Å². The van der Waals surface area contributed by atoms with Crippen LogP contribution in [0, 0.1) is 18.6 Å². The number of thioether (sulfide) groups is 1. The molecule has 2 aromatic rings. The predicted octanol–water partition coefficient (Wildman–Crippen LogP) is 4.32. The number of amides is 1. The summed E-state index contributed by atoms with van der Waals surface area (Å²) in [7, 11) is 0. The quantitative estimate of drug-likeness (QED) is 0.600. The molecular formula is C19H19F2NO3S. The third-order valence-corrected chi connectivity index (χ3v) is 4.61. The van der Waals surface area contributed by atoms with Crippen molar-refractivity contribution in [3.63, 3.8) is 0 Å². The van der Waals surface area contributed by atoms with E-state index in [-0.39, 0.29) is 5.69 Å². The van der Waals surface area contributed by atoms with Crippen molar-refractivity contribution in [2.75, 3.05) is 5.32 Å². The second-order valence-electron chi connectivity index (χ2n) is 5.77. The first-order chi connectivity index (χ1) is 12.3. The summed E-state index contributed by atoms with van der Waals surface area (Å²) in [5.74, 6) is -2.91. The molecule has 0 saturated heterocycles. The molecule has 2 rings (SSSR count). The van der Waals surface area contributed by atoms with Gasteiger partial charge in [0, 0.05) is 11.0 Å². The molecule has 1 amide bonds. The lowest BCUT2D eigenvalue weighted by Crippen LogP contribution is -2.32. The SMILES string of the molecule is Cc1ccc(S[C@H](C)C(=O)O[C@@H](C)C(=O)Nc2ccc(F)cc2F)cc1. The lowest BCUT2D eigenvalue weighted by Gasteiger charge is -2.17. The van der Waals surface area contributed by atoms with Crippen LogP contribution in [0.5, 0.6) is 0 Å². The van der Waals surface area contributed by atoms with Crippen molar-refractivity contribution in [1.82, 2.24) is 0 Å². The van der Waals surface area contributed by atoms with E-state index in [2.05, 4.69) is 5.32 Å². The molecule has 0 aliphatic rings. The molecule has 0 aliphatic heterocycles. The molecule has 7 heteroatoms. The minimum absolute atomic E-state index is 0.179. The van der Waals surface area contributed by atoms with Gasteiger partial charge in [0.25, 0.3) is 5.91 Å². The van der Waals surface area contributed by atoms with Crippen LogP contribution < -0.4 is 5.32 Å². The van der Waals surface area contributed by atoms with E-state index in [9.17, 15) is 18.4 Å². The number of halogens is 2. The number of hydrogen-bond donors (Lipinski definition) is 1. The predicted molar refractivity (Wildman–Crippen MR) is 97.0 cm³/mol. The van der Waals surface area contributed by atoms with Gasteiger partial charge in [0.1, 0.15) is 16.9 Å². The molecule has 2 atom stereocenters. The number of esters is 1. The van der Waals surface area contributed by atoms with Gasteiger partial charge in [0.05, 0.1) is 5.69 Å². The van der Waals surface area contributed by atoms with Gasteiger partial charge in [-0.15, -0.1) is 11.8 Å². The Morgan fingerprint density at radius 2 is 1.73 bits per heavy atom. The Balaban J connectivity index is 1.90. The zero-order valence-electron chi connectivity index (χ0n) is 14.6. The molecule has 0 spiro atoms. The maximum absolute atomic E-state index is 13.6. The topological polar surface area (TPSA) is 55.4 Å². The minimum atomic E-state index is -1.12. The van der Waals surface area contributed by atoms with Crippen LogP contribution >= 0.6 is 11.8 Å². The van der Waals surface area contributed by atoms with Crippen molar-refractivity contribution in [3.05, 3.63) is 59.7 Å². The Morgan fingerprint density at radius 1 is 1.08 bits per heavy atom. The highest BCUT2D eigenvalue weighted by molar-refractivity contribution is 8.00. The minimum Gasteiger partial charge on any atom is -0.452 e. The van der Waals surface area contributed by atoms with E-state index in [0.29, 0.717) is 6.07 Å². The molecule has 0 fully saturated rings. The fraction of sp³-hybridized carbons (Fsp3) is 0.263. The summed E-state index contributed by atoms with van der Waals surface area (Å²) in [6, 6.07) is 10.5. The summed E-state index contributed by atoms with van der Waals surface area (Å²) in [5.41, 5.74) is 0.935. The second-order valence-corrected chi connectivity index (χ2v) is 7.18. The zero-order valence-corrected chi connectivity index (χ0v) is 15.4. The van der Waals surface area contributed by atoms with Gasteiger partial charge < -0.3 is 10.1 Å². The fourth-order valence-electron chi connectivity index (χ4n) is 2.02. The van der Waals surface area contributed by atoms with Crippen molar-refractivity contribution in [2.24, 2.45) is 0 Å². The molecule has 0 aliphatic carbocycles. The third-order valence-electron chi connectivity index (χ3n) is 3.52. The van der Waals surface area contributed by atoms with Gasteiger partial charge in [-0.2, -0.15) is 0 Å². The molecule has 0 heterocycles. The van der Waals surface area contributed by atoms with Crippen LogP contribution in [0.4, 0.5) is 14.5 Å². The number of carbonyl (C=O) groups excluding carboxylic acids is 2. The van der Waals surface area contributed by atoms with Crippen LogP contribution in [-0.4, -0.2) is 23.2 Å². The Bertz CT molecular complexity index is 796. The molecule has 26 heavy (non-hydrogen) atoms. The molecule has 0 unspecified atom stereocenters. The van der Waals surface area contributed by atoms with E-state index < -0.39 is 34.9 Å². The Labute approximate surface area is 154 Å². The van der Waals surface area contributed by atoms with Crippen molar-refractivity contribution in [3.8, 4) is 0 Å². The van der Waals surface area contributed by atoms with Gasteiger partial charge in [-0.3, -0.25) is 9.59 Å². The van der Waals surface area contributed by atoms with Crippen molar-refractivity contribution >= 4 is 29.3 Å². The van der Waals surface area contributed by atoms with Crippen molar-refractivity contribution in [1.29, 1.82) is 0 Å². The molecule has 0 saturated carbocycles. The number of ether oxygens (including phenoxy) is 1. The largest absolute Gasteiger partial charge is 0.452 e. The number of anilines is 1. The Hall–Kier alpha value is -2.41. The highest BCUT2D eigenvalue weighted by Gasteiger charge is 2.23. The summed E-state index contributed by atoms with van der Waals surface area (Å²) in [4.78, 5) is 25.1. The first-order valence-electron chi connectivity index (χ1n) is 7.96. The van der Waals surface area contributed by atoms with Gasteiger partial charge in [-0.25, -0.2) is 8.78 Å². The third kappa shape index (κ3) is 5.56. The summed E-state index contributed by atoms with van der Waals surface area (Å²) in [6.07, 6.45) is -1.12. The molecule has 0 radical (unpaired) electrons. The van der Waals surface area contributed by atoms with Gasteiger partial charge in [0.15, 0.2) is 6.10 Å². The lowest BCUT2D eigenvalue weighted by molar-refractivity contribution is -0.152. The molecule has 4 nitrogen and oxygen atoms in total. The Kier molecular flexibility index (Phi) is 6.74. The number of hydrogen-bond acceptors (Lipinski definition) is 4.